The molecule has 0 bridgehead atoms. The lowest BCUT2D eigenvalue weighted by atomic mass is 10.2. The first-order valence-corrected chi connectivity index (χ1v) is 13.2. The zero-order valence-electron chi connectivity index (χ0n) is 20.3. The first-order valence-electron chi connectivity index (χ1n) is 12.4. The van der Waals surface area contributed by atoms with E-state index in [1.165, 1.54) is 12.0 Å². The van der Waals surface area contributed by atoms with Gasteiger partial charge in [-0.3, -0.25) is 14.6 Å². The maximum Gasteiger partial charge on any atom is 0.260 e. The van der Waals surface area contributed by atoms with Crippen LogP contribution in [0.5, 0.6) is 5.75 Å². The molecule has 1 fully saturated rings. The van der Waals surface area contributed by atoms with Crippen LogP contribution in [0.25, 0.3) is 10.2 Å². The average molecular weight is 482 g/mol. The molecule has 0 unspecified atom stereocenters. The number of anilines is 1. The number of aromatic nitrogens is 1. The molecule has 1 amide bonds. The molecule has 2 aromatic carbocycles. The number of carbonyl (C=O) groups excluding carboxylic acids is 1. The average Bonchev–Trinajstić information content (AvgIpc) is 3.28. The van der Waals surface area contributed by atoms with Crippen LogP contribution in [0.15, 0.2) is 42.5 Å². The number of nitrogens with zero attached hydrogens (tertiary/aromatic N) is 3. The van der Waals surface area contributed by atoms with Crippen LogP contribution in [0.2, 0.25) is 0 Å². The Morgan fingerprint density at radius 2 is 1.91 bits per heavy atom. The van der Waals surface area contributed by atoms with Crippen molar-refractivity contribution in [2.75, 3.05) is 50.9 Å². The van der Waals surface area contributed by atoms with Crippen molar-refractivity contribution in [2.24, 2.45) is 0 Å². The lowest BCUT2D eigenvalue weighted by Crippen LogP contribution is -2.39. The van der Waals surface area contributed by atoms with Gasteiger partial charge < -0.3 is 9.47 Å². The van der Waals surface area contributed by atoms with Crippen LogP contribution in [0.4, 0.5) is 5.13 Å². The van der Waals surface area contributed by atoms with Gasteiger partial charge in [-0.15, -0.1) is 0 Å². The van der Waals surface area contributed by atoms with Crippen LogP contribution in [-0.4, -0.2) is 61.8 Å². The number of unbranched alkanes of at least 4 members (excludes halogenated alkanes) is 2. The molecule has 3 aromatic rings. The maximum atomic E-state index is 13.6. The SMILES string of the molecule is CCCCCOc1ccc(C(=O)N(CCCN2CCOCC2)c2nc3ccc(C)cc3s2)cc1. The number of morpholine rings is 1. The van der Waals surface area contributed by atoms with Gasteiger partial charge in [0.25, 0.3) is 5.91 Å². The van der Waals surface area contributed by atoms with Gasteiger partial charge in [0.2, 0.25) is 0 Å². The third-order valence-electron chi connectivity index (χ3n) is 6.09. The standard InChI is InChI=1S/C27H35N3O3S/c1-3-4-5-17-33-23-10-8-22(9-11-23)26(31)30(14-6-13-29-15-18-32-19-16-29)27-28-24-12-7-21(2)20-25(24)34-27/h7-12,20H,3-6,13-19H2,1-2H3. The third kappa shape index (κ3) is 6.56. The summed E-state index contributed by atoms with van der Waals surface area (Å²) in [4.78, 5) is 22.7. The Morgan fingerprint density at radius 1 is 1.12 bits per heavy atom. The van der Waals surface area contributed by atoms with E-state index in [1.54, 1.807) is 11.3 Å². The Hall–Kier alpha value is -2.48. The largest absolute Gasteiger partial charge is 0.494 e. The minimum atomic E-state index is -0.0183. The van der Waals surface area contributed by atoms with Crippen molar-refractivity contribution in [1.29, 1.82) is 0 Å². The molecular weight excluding hydrogens is 446 g/mol. The summed E-state index contributed by atoms with van der Waals surface area (Å²) in [5.41, 5.74) is 2.79. The van der Waals surface area contributed by atoms with E-state index < -0.39 is 0 Å². The maximum absolute atomic E-state index is 13.6. The van der Waals surface area contributed by atoms with Gasteiger partial charge in [-0.05, 0) is 61.7 Å². The molecule has 34 heavy (non-hydrogen) atoms. The van der Waals surface area contributed by atoms with Crippen molar-refractivity contribution < 1.29 is 14.3 Å². The first kappa shape index (κ1) is 24.6. The zero-order valence-corrected chi connectivity index (χ0v) is 21.1. The predicted octanol–water partition coefficient (Wildman–Crippen LogP) is 5.54. The summed E-state index contributed by atoms with van der Waals surface area (Å²) in [6, 6.07) is 13.8. The number of rotatable bonds is 11. The van der Waals surface area contributed by atoms with E-state index in [0.717, 1.165) is 73.2 Å². The Balaban J connectivity index is 1.48. The van der Waals surface area contributed by atoms with Gasteiger partial charge in [0.05, 0.1) is 30.0 Å². The second-order valence-corrected chi connectivity index (χ2v) is 9.82. The Labute approximate surface area is 206 Å². The number of amides is 1. The highest BCUT2D eigenvalue weighted by Gasteiger charge is 2.22. The van der Waals surface area contributed by atoms with E-state index in [2.05, 4.69) is 30.9 Å². The van der Waals surface area contributed by atoms with Gasteiger partial charge in [0.15, 0.2) is 5.13 Å². The van der Waals surface area contributed by atoms with Crippen LogP contribution < -0.4 is 9.64 Å². The fraction of sp³-hybridized carbons (Fsp3) is 0.481. The number of ether oxygens (including phenoxy) is 2. The molecule has 1 aromatic heterocycles. The van der Waals surface area contributed by atoms with Crippen LogP contribution in [0, 0.1) is 6.92 Å². The minimum Gasteiger partial charge on any atom is -0.494 e. The van der Waals surface area contributed by atoms with E-state index >= 15 is 0 Å². The lowest BCUT2D eigenvalue weighted by Gasteiger charge is -2.27. The van der Waals surface area contributed by atoms with Crippen molar-refractivity contribution in [3.63, 3.8) is 0 Å². The van der Waals surface area contributed by atoms with E-state index in [4.69, 9.17) is 14.5 Å². The normalized spacial score (nSPS) is 14.4. The summed E-state index contributed by atoms with van der Waals surface area (Å²) in [6.07, 6.45) is 4.27. The second-order valence-electron chi connectivity index (χ2n) is 8.81. The van der Waals surface area contributed by atoms with Crippen molar-refractivity contribution in [2.45, 2.75) is 39.5 Å². The van der Waals surface area contributed by atoms with E-state index in [0.29, 0.717) is 18.7 Å². The summed E-state index contributed by atoms with van der Waals surface area (Å²) in [5.74, 6) is 0.789. The zero-order chi connectivity index (χ0) is 23.8. The molecule has 1 aliphatic rings. The third-order valence-corrected chi connectivity index (χ3v) is 7.13. The van der Waals surface area contributed by atoms with E-state index in [9.17, 15) is 4.79 Å². The molecule has 0 atom stereocenters. The van der Waals surface area contributed by atoms with Gasteiger partial charge in [-0.25, -0.2) is 4.98 Å². The summed E-state index contributed by atoms with van der Waals surface area (Å²) >= 11 is 1.58. The lowest BCUT2D eigenvalue weighted by molar-refractivity contribution is 0.0376. The van der Waals surface area contributed by atoms with Crippen LogP contribution in [-0.2, 0) is 4.74 Å². The summed E-state index contributed by atoms with van der Waals surface area (Å²) in [5, 5.41) is 0.757. The number of aryl methyl sites for hydroxylation is 1. The van der Waals surface area contributed by atoms with Crippen molar-refractivity contribution >= 4 is 32.6 Å². The van der Waals surface area contributed by atoms with Gasteiger partial charge in [0.1, 0.15) is 5.75 Å². The molecule has 6 nitrogen and oxygen atoms in total. The highest BCUT2D eigenvalue weighted by molar-refractivity contribution is 7.22. The number of hydrogen-bond donors (Lipinski definition) is 0. The molecule has 182 valence electrons. The molecule has 0 N–H and O–H groups in total. The molecule has 1 saturated heterocycles. The van der Waals surface area contributed by atoms with Gasteiger partial charge in [-0.1, -0.05) is 37.2 Å². The van der Waals surface area contributed by atoms with Crippen LogP contribution in [0.3, 0.4) is 0 Å². The highest BCUT2D eigenvalue weighted by atomic mass is 32.1. The molecule has 0 spiro atoms. The summed E-state index contributed by atoms with van der Waals surface area (Å²) in [6.45, 7) is 10.0. The molecular formula is C27H35N3O3S. The molecule has 0 radical (unpaired) electrons. The van der Waals surface area contributed by atoms with Gasteiger partial charge in [-0.2, -0.15) is 0 Å². The molecule has 2 heterocycles. The highest BCUT2D eigenvalue weighted by Crippen LogP contribution is 2.31. The monoisotopic (exact) mass is 481 g/mol. The van der Waals surface area contributed by atoms with Gasteiger partial charge in [0, 0.05) is 31.7 Å². The van der Waals surface area contributed by atoms with Crippen LogP contribution >= 0.6 is 11.3 Å². The molecule has 4 rings (SSSR count). The minimum absolute atomic E-state index is 0.0183. The van der Waals surface area contributed by atoms with E-state index in [1.807, 2.05) is 35.2 Å². The Kier molecular flexibility index (Phi) is 8.91. The predicted molar refractivity (Wildman–Crippen MR) is 139 cm³/mol. The van der Waals surface area contributed by atoms with Crippen molar-refractivity contribution in [3.8, 4) is 5.75 Å². The Bertz CT molecular complexity index is 1060. The van der Waals surface area contributed by atoms with Gasteiger partial charge >= 0.3 is 0 Å². The number of benzene rings is 2. The van der Waals surface area contributed by atoms with E-state index in [-0.39, 0.29) is 5.91 Å². The van der Waals surface area contributed by atoms with Crippen molar-refractivity contribution in [1.82, 2.24) is 9.88 Å². The smallest absolute Gasteiger partial charge is 0.260 e. The number of thiazole rings is 1. The molecule has 0 saturated carbocycles. The number of hydrogen-bond acceptors (Lipinski definition) is 6. The topological polar surface area (TPSA) is 54.9 Å². The first-order chi connectivity index (χ1) is 16.6. The molecule has 1 aliphatic heterocycles. The fourth-order valence-electron chi connectivity index (χ4n) is 4.09. The number of carbonyl (C=O) groups is 1. The quantitative estimate of drug-likeness (QED) is 0.337. The second kappa shape index (κ2) is 12.3. The number of fused-ring (bicyclic) bond motifs is 1. The summed E-state index contributed by atoms with van der Waals surface area (Å²) in [7, 11) is 0. The van der Waals surface area contributed by atoms with Crippen LogP contribution in [0.1, 0.15) is 48.5 Å². The summed E-state index contributed by atoms with van der Waals surface area (Å²) < 4.78 is 12.4. The Morgan fingerprint density at radius 3 is 2.68 bits per heavy atom. The molecule has 7 heteroatoms. The molecule has 0 aliphatic carbocycles. The van der Waals surface area contributed by atoms with Crippen molar-refractivity contribution in [3.05, 3.63) is 53.6 Å². The fourth-order valence-corrected chi connectivity index (χ4v) is 5.18.